The maximum absolute atomic E-state index is 13.8. The number of fused-ring (bicyclic) bond motifs is 1. The fraction of sp³-hybridized carbons (Fsp3) is 0.133. The van der Waals surface area contributed by atoms with Crippen LogP contribution in [0.4, 0.5) is 27.3 Å². The van der Waals surface area contributed by atoms with Crippen molar-refractivity contribution >= 4 is 63.9 Å². The Morgan fingerprint density at radius 3 is 2.62 bits per heavy atom. The van der Waals surface area contributed by atoms with Gasteiger partial charge in [0.25, 0.3) is 17.7 Å². The number of carbonyl (C=O) groups excluding carboxylic acids is 3. The molecule has 0 fully saturated rings. The topological polar surface area (TPSA) is 154 Å². The van der Waals surface area contributed by atoms with Crippen molar-refractivity contribution in [3.63, 3.8) is 0 Å². The van der Waals surface area contributed by atoms with Gasteiger partial charge in [0.05, 0.1) is 28.1 Å². The first-order valence-corrected chi connectivity index (χ1v) is 13.3. The second kappa shape index (κ2) is 11.8. The molecule has 2 aromatic heterocycles. The fourth-order valence-electron chi connectivity index (χ4n) is 4.64. The van der Waals surface area contributed by atoms with Gasteiger partial charge in [0.15, 0.2) is 0 Å². The molecule has 3 heterocycles. The molecule has 7 N–H and O–H groups in total. The van der Waals surface area contributed by atoms with Crippen molar-refractivity contribution in [1.29, 1.82) is 0 Å². The lowest BCUT2D eigenvalue weighted by Crippen LogP contribution is -2.29. The molecule has 3 amide bonds. The van der Waals surface area contributed by atoms with E-state index in [1.54, 1.807) is 50.3 Å². The van der Waals surface area contributed by atoms with Gasteiger partial charge >= 0.3 is 0 Å². The molecule has 4 aromatic rings. The van der Waals surface area contributed by atoms with E-state index in [4.69, 9.17) is 17.3 Å². The summed E-state index contributed by atoms with van der Waals surface area (Å²) in [4.78, 5) is 45.4. The van der Waals surface area contributed by atoms with Crippen molar-refractivity contribution in [3.05, 3.63) is 99.2 Å². The summed E-state index contributed by atoms with van der Waals surface area (Å²) in [5.41, 5.74) is 10.7. The highest BCUT2D eigenvalue weighted by Crippen LogP contribution is 2.34. The molecular weight excluding hydrogens is 561 g/mol. The van der Waals surface area contributed by atoms with Gasteiger partial charge in [-0.15, -0.1) is 0 Å². The Labute approximate surface area is 245 Å². The van der Waals surface area contributed by atoms with Gasteiger partial charge in [0, 0.05) is 46.9 Å². The molecule has 0 atom stereocenters. The number of aromatic nitrogens is 2. The van der Waals surface area contributed by atoms with Crippen LogP contribution in [0.2, 0.25) is 5.02 Å². The number of nitrogen functional groups attached to an aromatic ring is 1. The Morgan fingerprint density at radius 1 is 1.07 bits per heavy atom. The van der Waals surface area contributed by atoms with Crippen LogP contribution in [0.25, 0.3) is 11.6 Å². The van der Waals surface area contributed by atoms with Gasteiger partial charge in [-0.2, -0.15) is 0 Å². The summed E-state index contributed by atoms with van der Waals surface area (Å²) in [6.45, 7) is 4.24. The number of halogens is 2. The van der Waals surface area contributed by atoms with E-state index >= 15 is 0 Å². The van der Waals surface area contributed by atoms with Gasteiger partial charge in [-0.25, -0.2) is 9.37 Å². The minimum Gasteiger partial charge on any atom is -0.397 e. The van der Waals surface area contributed by atoms with Crippen molar-refractivity contribution < 1.29 is 18.8 Å². The summed E-state index contributed by atoms with van der Waals surface area (Å²) in [5.74, 6) is -0.904. The molecule has 0 saturated carbocycles. The monoisotopic (exact) mass is 587 g/mol. The number of benzene rings is 2. The highest BCUT2D eigenvalue weighted by molar-refractivity contribution is 6.35. The van der Waals surface area contributed by atoms with Gasteiger partial charge in [0.1, 0.15) is 11.6 Å². The van der Waals surface area contributed by atoms with Gasteiger partial charge in [-0.05, 0) is 74.0 Å². The summed E-state index contributed by atoms with van der Waals surface area (Å²) < 4.78 is 13.8. The summed E-state index contributed by atoms with van der Waals surface area (Å²) in [5, 5.41) is 11.9. The number of nitrogens with one attached hydrogen (secondary N) is 5. The van der Waals surface area contributed by atoms with Crippen LogP contribution < -0.4 is 27.0 Å². The van der Waals surface area contributed by atoms with E-state index in [2.05, 4.69) is 31.2 Å². The van der Waals surface area contributed by atoms with Crippen LogP contribution in [0.3, 0.4) is 0 Å². The number of hydrogen-bond acceptors (Lipinski definition) is 6. The number of rotatable bonds is 8. The van der Waals surface area contributed by atoms with Crippen LogP contribution in [0.5, 0.6) is 0 Å². The Hall–Kier alpha value is -5.16. The molecule has 0 aliphatic carbocycles. The van der Waals surface area contributed by atoms with E-state index in [0.29, 0.717) is 80.2 Å². The smallest absolute Gasteiger partial charge is 0.257 e. The first-order valence-electron chi connectivity index (χ1n) is 13.0. The molecule has 5 rings (SSSR count). The SMILES string of the molecule is Cc1[nH]c(C=C2C(=O)Nc3ccc(F)cc32)c(C)c1C(=O)NCCNc1ccc(C(=O)Nc2ccc(Cl)cc2N)cn1. The number of H-pyrrole nitrogens is 1. The molecule has 0 saturated heterocycles. The Balaban J connectivity index is 1.16. The zero-order chi connectivity index (χ0) is 30.0. The third kappa shape index (κ3) is 5.96. The Kier molecular flexibility index (Phi) is 7.94. The number of carbonyl (C=O) groups is 3. The van der Waals surface area contributed by atoms with E-state index < -0.39 is 5.82 Å². The molecule has 12 heteroatoms. The largest absolute Gasteiger partial charge is 0.397 e. The molecule has 0 unspecified atom stereocenters. The van der Waals surface area contributed by atoms with E-state index in [0.717, 1.165) is 0 Å². The van der Waals surface area contributed by atoms with Crippen molar-refractivity contribution in [1.82, 2.24) is 15.3 Å². The summed E-state index contributed by atoms with van der Waals surface area (Å²) in [6.07, 6.45) is 3.06. The summed E-state index contributed by atoms with van der Waals surface area (Å²) >= 11 is 5.90. The standard InChI is InChI=1S/C30H27ClFN7O3/c1-15-25(13-21-20-12-19(32)5-7-23(20)38-29(21)41)37-16(2)27(15)30(42)35-10-9-34-26-8-3-17(14-36-26)28(40)39-24-6-4-18(31)11-22(24)33/h3-8,11-14,37H,9-10,33H2,1-2H3,(H,34,36)(H,35,42)(H,38,41)(H,39,40). The number of aromatic amines is 1. The van der Waals surface area contributed by atoms with Gasteiger partial charge < -0.3 is 32.0 Å². The highest BCUT2D eigenvalue weighted by atomic mass is 35.5. The maximum atomic E-state index is 13.8. The lowest BCUT2D eigenvalue weighted by atomic mass is 10.0. The van der Waals surface area contributed by atoms with Crippen LogP contribution in [-0.4, -0.2) is 40.8 Å². The third-order valence-corrected chi connectivity index (χ3v) is 7.00. The number of pyridine rings is 1. The van der Waals surface area contributed by atoms with Crippen molar-refractivity contribution in [2.24, 2.45) is 0 Å². The minimum absolute atomic E-state index is 0.281. The number of amides is 3. The van der Waals surface area contributed by atoms with Crippen LogP contribution >= 0.6 is 11.6 Å². The zero-order valence-corrected chi connectivity index (χ0v) is 23.4. The van der Waals surface area contributed by atoms with E-state index in [1.807, 2.05) is 0 Å². The molecule has 1 aliphatic rings. The number of nitrogens with two attached hydrogens (primary N) is 1. The van der Waals surface area contributed by atoms with Crippen molar-refractivity contribution in [2.45, 2.75) is 13.8 Å². The van der Waals surface area contributed by atoms with Gasteiger partial charge in [-0.1, -0.05) is 11.6 Å². The number of anilines is 4. The molecule has 0 radical (unpaired) electrons. The number of nitrogens with zero attached hydrogens (tertiary/aromatic N) is 1. The lowest BCUT2D eigenvalue weighted by molar-refractivity contribution is -0.110. The maximum Gasteiger partial charge on any atom is 0.257 e. The zero-order valence-electron chi connectivity index (χ0n) is 22.7. The Morgan fingerprint density at radius 2 is 1.88 bits per heavy atom. The van der Waals surface area contributed by atoms with E-state index in [9.17, 15) is 18.8 Å². The van der Waals surface area contributed by atoms with E-state index in [1.165, 1.54) is 24.4 Å². The average Bonchev–Trinajstić information content (AvgIpc) is 3.42. The second-order valence-electron chi connectivity index (χ2n) is 9.67. The molecule has 42 heavy (non-hydrogen) atoms. The van der Waals surface area contributed by atoms with Gasteiger partial charge in [-0.3, -0.25) is 14.4 Å². The predicted octanol–water partition coefficient (Wildman–Crippen LogP) is 4.99. The quantitative estimate of drug-likeness (QED) is 0.0970. The van der Waals surface area contributed by atoms with E-state index in [-0.39, 0.29) is 17.7 Å². The molecule has 1 aliphatic heterocycles. The fourth-order valence-corrected chi connectivity index (χ4v) is 4.82. The first-order chi connectivity index (χ1) is 20.1. The molecule has 0 bridgehead atoms. The summed E-state index contributed by atoms with van der Waals surface area (Å²) in [6, 6.07) is 12.2. The molecule has 214 valence electrons. The minimum atomic E-state index is -0.444. The van der Waals surface area contributed by atoms with Crippen LogP contribution in [-0.2, 0) is 4.79 Å². The normalized spacial score (nSPS) is 13.0. The van der Waals surface area contributed by atoms with Crippen molar-refractivity contribution in [2.75, 3.05) is 34.8 Å². The van der Waals surface area contributed by atoms with Crippen LogP contribution in [0, 0.1) is 19.7 Å². The molecular formula is C30H27ClFN7O3. The average molecular weight is 588 g/mol. The summed E-state index contributed by atoms with van der Waals surface area (Å²) in [7, 11) is 0. The molecule has 2 aromatic carbocycles. The first kappa shape index (κ1) is 28.4. The number of hydrogen-bond donors (Lipinski definition) is 6. The second-order valence-corrected chi connectivity index (χ2v) is 10.1. The van der Waals surface area contributed by atoms with Gasteiger partial charge in [0.2, 0.25) is 0 Å². The number of aryl methyl sites for hydroxylation is 1. The Bertz CT molecular complexity index is 1750. The van der Waals surface area contributed by atoms with Crippen LogP contribution in [0.15, 0.2) is 54.7 Å². The van der Waals surface area contributed by atoms with Crippen LogP contribution in [0.1, 0.15) is 43.2 Å². The van der Waals surface area contributed by atoms with Crippen molar-refractivity contribution in [3.8, 4) is 0 Å². The lowest BCUT2D eigenvalue weighted by Gasteiger charge is -2.10. The predicted molar refractivity (Wildman–Crippen MR) is 162 cm³/mol. The molecule has 0 spiro atoms. The molecule has 10 nitrogen and oxygen atoms in total. The highest BCUT2D eigenvalue weighted by Gasteiger charge is 2.26. The third-order valence-electron chi connectivity index (χ3n) is 6.76.